The number of amides is 2. The number of hydrogen-bond acceptors (Lipinski definition) is 4. The summed E-state index contributed by atoms with van der Waals surface area (Å²) < 4.78 is 3.96. The predicted octanol–water partition coefficient (Wildman–Crippen LogP) is 4.48. The first kappa shape index (κ1) is 22.3. The summed E-state index contributed by atoms with van der Waals surface area (Å²) in [7, 11) is 1.96. The van der Waals surface area contributed by atoms with E-state index in [1.807, 2.05) is 96.2 Å². The molecule has 1 N–H and O–H groups in total. The first-order valence-electron chi connectivity index (χ1n) is 11.4. The van der Waals surface area contributed by atoms with Gasteiger partial charge in [-0.2, -0.15) is 0 Å². The monoisotopic (exact) mass is 473 g/mol. The molecule has 0 unspecified atom stereocenters. The molecule has 5 rings (SSSR count). The third kappa shape index (κ3) is 3.98. The normalized spacial score (nSPS) is 17.9. The molecule has 0 saturated carbocycles. The summed E-state index contributed by atoms with van der Waals surface area (Å²) >= 11 is 1.41. The van der Waals surface area contributed by atoms with E-state index in [-0.39, 0.29) is 17.6 Å². The van der Waals surface area contributed by atoms with Gasteiger partial charge in [0.25, 0.3) is 0 Å². The van der Waals surface area contributed by atoms with Crippen molar-refractivity contribution in [1.82, 2.24) is 19.0 Å². The van der Waals surface area contributed by atoms with Crippen LogP contribution >= 0.6 is 11.8 Å². The zero-order valence-electron chi connectivity index (χ0n) is 19.3. The van der Waals surface area contributed by atoms with E-state index < -0.39 is 5.54 Å². The van der Waals surface area contributed by atoms with Crippen molar-refractivity contribution in [3.8, 4) is 5.69 Å². The fourth-order valence-electron chi connectivity index (χ4n) is 4.61. The maximum atomic E-state index is 13.5. The van der Waals surface area contributed by atoms with E-state index in [2.05, 4.69) is 10.3 Å². The molecule has 174 valence electrons. The van der Waals surface area contributed by atoms with Crippen molar-refractivity contribution in [1.29, 1.82) is 0 Å². The van der Waals surface area contributed by atoms with Gasteiger partial charge < -0.3 is 19.4 Å². The lowest BCUT2D eigenvalue weighted by Gasteiger charge is -2.34. The van der Waals surface area contributed by atoms with Crippen LogP contribution in [0.5, 0.6) is 0 Å². The van der Waals surface area contributed by atoms with Crippen LogP contribution in [0.4, 0.5) is 5.69 Å². The molecule has 0 radical (unpaired) electrons. The second-order valence-electron chi connectivity index (χ2n) is 8.72. The van der Waals surface area contributed by atoms with E-state index >= 15 is 0 Å². The molecule has 2 amide bonds. The van der Waals surface area contributed by atoms with Crippen LogP contribution in [-0.2, 0) is 16.6 Å². The number of aryl methyl sites for hydroxylation is 1. The van der Waals surface area contributed by atoms with Crippen molar-refractivity contribution in [2.24, 2.45) is 7.05 Å². The lowest BCUT2D eigenvalue weighted by molar-refractivity contribution is -0.139. The molecule has 7 nitrogen and oxygen atoms in total. The number of benzene rings is 2. The van der Waals surface area contributed by atoms with E-state index in [1.165, 1.54) is 11.8 Å². The van der Waals surface area contributed by atoms with E-state index in [9.17, 15) is 9.59 Å². The molecule has 1 atom stereocenters. The Bertz CT molecular complexity index is 1350. The minimum Gasteiger partial charge on any atom is -0.328 e. The van der Waals surface area contributed by atoms with Crippen molar-refractivity contribution in [3.63, 3.8) is 0 Å². The molecule has 1 aliphatic rings. The van der Waals surface area contributed by atoms with Crippen LogP contribution in [0.1, 0.15) is 19.8 Å². The molecule has 8 heteroatoms. The van der Waals surface area contributed by atoms with Gasteiger partial charge in [-0.3, -0.25) is 9.59 Å². The zero-order chi connectivity index (χ0) is 23.7. The summed E-state index contributed by atoms with van der Waals surface area (Å²) in [6.07, 6.45) is 5.31. The largest absolute Gasteiger partial charge is 0.328 e. The van der Waals surface area contributed by atoms with Gasteiger partial charge in [-0.05, 0) is 56.2 Å². The molecule has 1 fully saturated rings. The van der Waals surface area contributed by atoms with Crippen molar-refractivity contribution in [2.75, 3.05) is 17.6 Å². The summed E-state index contributed by atoms with van der Waals surface area (Å²) in [4.78, 5) is 33.1. The van der Waals surface area contributed by atoms with Crippen LogP contribution in [0, 0.1) is 0 Å². The number of rotatable bonds is 6. The maximum Gasteiger partial charge on any atom is 0.250 e. The Morgan fingerprint density at radius 2 is 1.79 bits per heavy atom. The highest BCUT2D eigenvalue weighted by molar-refractivity contribution is 7.99. The number of aromatic nitrogens is 3. The lowest BCUT2D eigenvalue weighted by Crippen LogP contribution is -2.53. The van der Waals surface area contributed by atoms with Crippen LogP contribution in [0.15, 0.2) is 78.2 Å². The number of carbonyl (C=O) groups is 2. The summed E-state index contributed by atoms with van der Waals surface area (Å²) in [5.41, 5.74) is 2.65. The molecule has 1 saturated heterocycles. The predicted molar refractivity (Wildman–Crippen MR) is 135 cm³/mol. The Balaban J connectivity index is 1.31. The number of thioether (sulfide) groups is 1. The van der Waals surface area contributed by atoms with Gasteiger partial charge >= 0.3 is 0 Å². The molecule has 1 aliphatic heterocycles. The van der Waals surface area contributed by atoms with Gasteiger partial charge in [0.2, 0.25) is 11.8 Å². The Labute approximate surface area is 202 Å². The van der Waals surface area contributed by atoms with Gasteiger partial charge in [-0.25, -0.2) is 4.98 Å². The van der Waals surface area contributed by atoms with E-state index in [0.717, 1.165) is 34.0 Å². The summed E-state index contributed by atoms with van der Waals surface area (Å²) in [6, 6.07) is 19.5. The second kappa shape index (κ2) is 9.02. The van der Waals surface area contributed by atoms with Crippen LogP contribution in [0.3, 0.4) is 0 Å². The Morgan fingerprint density at radius 1 is 1.06 bits per heavy atom. The fraction of sp³-hybridized carbons (Fsp3) is 0.269. The molecule has 0 bridgehead atoms. The van der Waals surface area contributed by atoms with Crippen molar-refractivity contribution < 1.29 is 9.59 Å². The topological polar surface area (TPSA) is 72.2 Å². The highest BCUT2D eigenvalue weighted by atomic mass is 32.2. The number of imidazole rings is 1. The number of carbonyl (C=O) groups excluding carboxylic acids is 2. The van der Waals surface area contributed by atoms with Gasteiger partial charge in [-0.15, -0.1) is 0 Å². The zero-order valence-corrected chi connectivity index (χ0v) is 20.1. The van der Waals surface area contributed by atoms with E-state index in [1.54, 1.807) is 4.90 Å². The smallest absolute Gasteiger partial charge is 0.250 e. The first-order valence-corrected chi connectivity index (χ1v) is 12.3. The summed E-state index contributed by atoms with van der Waals surface area (Å²) in [5.74, 6) is 0.0246. The minimum atomic E-state index is -0.895. The number of para-hydroxylation sites is 4. The van der Waals surface area contributed by atoms with Crippen LogP contribution in [0.25, 0.3) is 16.7 Å². The number of nitrogens with zero attached hydrogens (tertiary/aromatic N) is 4. The standard InChI is InChI=1S/C26H27N5O2S/c1-26(24(33)27-20-11-4-6-13-22(20)30-15-7-8-16-30)14-9-17-31(26)23(32)18-34-25-28-19-10-3-5-12-21(19)29(25)2/h3-8,10-13,15-16H,9,14,17-18H2,1-2H3,(H,27,33)/t26-/m0/s1. The molecule has 2 aromatic carbocycles. The average Bonchev–Trinajstić information content (AvgIpc) is 3.58. The molecule has 4 aromatic rings. The Hall–Kier alpha value is -3.52. The fourth-order valence-corrected chi connectivity index (χ4v) is 5.48. The number of likely N-dealkylation sites (tertiary alicyclic amines) is 1. The quantitative estimate of drug-likeness (QED) is 0.419. The van der Waals surface area contributed by atoms with Crippen LogP contribution < -0.4 is 5.32 Å². The SMILES string of the molecule is Cn1c(SCC(=O)N2CCC[C@@]2(C)C(=O)Nc2ccccc2-n2cccc2)nc2ccccc21. The third-order valence-electron chi connectivity index (χ3n) is 6.54. The van der Waals surface area contributed by atoms with Crippen LogP contribution in [0.2, 0.25) is 0 Å². The molecule has 34 heavy (non-hydrogen) atoms. The van der Waals surface area contributed by atoms with Gasteiger partial charge in [0.15, 0.2) is 5.16 Å². The second-order valence-corrected chi connectivity index (χ2v) is 9.66. The Kier molecular flexibility index (Phi) is 5.91. The number of hydrogen-bond donors (Lipinski definition) is 1. The van der Waals surface area contributed by atoms with Gasteiger partial charge in [0.1, 0.15) is 5.54 Å². The average molecular weight is 474 g/mol. The van der Waals surface area contributed by atoms with E-state index in [4.69, 9.17) is 0 Å². The van der Waals surface area contributed by atoms with Gasteiger partial charge in [0, 0.05) is 26.0 Å². The van der Waals surface area contributed by atoms with Crippen molar-refractivity contribution in [3.05, 3.63) is 73.1 Å². The van der Waals surface area contributed by atoms with Crippen molar-refractivity contribution >= 4 is 40.3 Å². The Morgan fingerprint density at radius 3 is 2.59 bits per heavy atom. The summed E-state index contributed by atoms with van der Waals surface area (Å²) in [6.45, 7) is 2.44. The van der Waals surface area contributed by atoms with Gasteiger partial charge in [0.05, 0.1) is 28.2 Å². The van der Waals surface area contributed by atoms with E-state index in [0.29, 0.717) is 13.0 Å². The molecule has 0 spiro atoms. The van der Waals surface area contributed by atoms with Gasteiger partial charge in [-0.1, -0.05) is 36.0 Å². The van der Waals surface area contributed by atoms with Crippen LogP contribution in [-0.4, -0.2) is 48.7 Å². The number of nitrogens with one attached hydrogen (secondary N) is 1. The molecule has 3 heterocycles. The highest BCUT2D eigenvalue weighted by Crippen LogP contribution is 2.33. The summed E-state index contributed by atoms with van der Waals surface area (Å²) in [5, 5.41) is 3.88. The molecular weight excluding hydrogens is 446 g/mol. The highest BCUT2D eigenvalue weighted by Gasteiger charge is 2.45. The first-order chi connectivity index (χ1) is 16.5. The number of fused-ring (bicyclic) bond motifs is 1. The number of anilines is 1. The third-order valence-corrected chi connectivity index (χ3v) is 7.55. The maximum absolute atomic E-state index is 13.5. The van der Waals surface area contributed by atoms with Crippen molar-refractivity contribution in [2.45, 2.75) is 30.5 Å². The lowest BCUT2D eigenvalue weighted by atomic mass is 9.97. The molecule has 2 aromatic heterocycles. The molecular formula is C26H27N5O2S. The minimum absolute atomic E-state index is 0.0501. The molecule has 0 aliphatic carbocycles.